The summed E-state index contributed by atoms with van der Waals surface area (Å²) in [5.74, 6) is -0.0352. The molecule has 2 rings (SSSR count). The summed E-state index contributed by atoms with van der Waals surface area (Å²) >= 11 is 3.49. The summed E-state index contributed by atoms with van der Waals surface area (Å²) in [6, 6.07) is 17.1. The highest BCUT2D eigenvalue weighted by atomic mass is 79.9. The topological polar surface area (TPSA) is 17.1 Å². The molecule has 0 bridgehead atoms. The van der Waals surface area contributed by atoms with Crippen molar-refractivity contribution in [2.45, 2.75) is 6.92 Å². The smallest absolute Gasteiger partial charge is 0.193 e. The zero-order chi connectivity index (χ0) is 13.7. The number of carbonyl (C=O) groups is 1. The fourth-order valence-electron chi connectivity index (χ4n) is 1.70. The van der Waals surface area contributed by atoms with Crippen LogP contribution in [0, 0.1) is 0 Å². The highest BCUT2D eigenvalue weighted by Crippen LogP contribution is 2.22. The zero-order valence-electron chi connectivity index (χ0n) is 10.6. The van der Waals surface area contributed by atoms with Crippen LogP contribution in [-0.2, 0) is 0 Å². The minimum Gasteiger partial charge on any atom is -0.289 e. The lowest BCUT2D eigenvalue weighted by atomic mass is 10.1. The molecule has 1 nitrogen and oxygen atoms in total. The van der Waals surface area contributed by atoms with Crippen LogP contribution >= 0.6 is 15.9 Å². The van der Waals surface area contributed by atoms with Crippen molar-refractivity contribution in [3.8, 4) is 0 Å². The highest BCUT2D eigenvalue weighted by Gasteiger charge is 2.01. The van der Waals surface area contributed by atoms with Crippen LogP contribution in [0.5, 0.6) is 0 Å². The number of allylic oxidation sites excluding steroid dienone is 1. The van der Waals surface area contributed by atoms with Gasteiger partial charge in [0.15, 0.2) is 5.78 Å². The predicted octanol–water partition coefficient (Wildman–Crippen LogP) is 4.89. The molecule has 94 valence electrons. The van der Waals surface area contributed by atoms with Crippen molar-refractivity contribution >= 4 is 27.3 Å². The van der Waals surface area contributed by atoms with Gasteiger partial charge in [0.25, 0.3) is 0 Å². The van der Waals surface area contributed by atoms with E-state index in [-0.39, 0.29) is 5.78 Å². The van der Waals surface area contributed by atoms with Gasteiger partial charge < -0.3 is 0 Å². The van der Waals surface area contributed by atoms with E-state index in [4.69, 9.17) is 0 Å². The summed E-state index contributed by atoms with van der Waals surface area (Å²) in [6.07, 6.45) is 1.49. The number of hydrogen-bond donors (Lipinski definition) is 0. The summed E-state index contributed by atoms with van der Waals surface area (Å²) in [7, 11) is 0. The van der Waals surface area contributed by atoms with Gasteiger partial charge in [0, 0.05) is 16.1 Å². The SMILES string of the molecule is CC(=C=CC(=O)c1ccccc1)c1ccccc1Br. The highest BCUT2D eigenvalue weighted by molar-refractivity contribution is 9.10. The van der Waals surface area contributed by atoms with E-state index < -0.39 is 0 Å². The van der Waals surface area contributed by atoms with Crippen molar-refractivity contribution in [1.82, 2.24) is 0 Å². The minimum atomic E-state index is -0.0352. The second-order valence-electron chi connectivity index (χ2n) is 4.12. The third-order valence-electron chi connectivity index (χ3n) is 2.76. The van der Waals surface area contributed by atoms with Crippen molar-refractivity contribution in [3.05, 3.63) is 82.0 Å². The molecule has 0 aromatic heterocycles. The quantitative estimate of drug-likeness (QED) is 0.448. The van der Waals surface area contributed by atoms with E-state index >= 15 is 0 Å². The fourth-order valence-corrected chi connectivity index (χ4v) is 2.28. The summed E-state index contributed by atoms with van der Waals surface area (Å²) < 4.78 is 1.00. The zero-order valence-corrected chi connectivity index (χ0v) is 12.1. The van der Waals surface area contributed by atoms with Crippen LogP contribution in [0.4, 0.5) is 0 Å². The first kappa shape index (κ1) is 13.5. The van der Waals surface area contributed by atoms with Gasteiger partial charge in [-0.3, -0.25) is 4.79 Å². The van der Waals surface area contributed by atoms with Gasteiger partial charge in [0.2, 0.25) is 0 Å². The van der Waals surface area contributed by atoms with E-state index in [1.807, 2.05) is 49.4 Å². The van der Waals surface area contributed by atoms with Gasteiger partial charge in [-0.2, -0.15) is 0 Å². The number of benzene rings is 2. The first-order valence-electron chi connectivity index (χ1n) is 5.96. The number of rotatable bonds is 3. The van der Waals surface area contributed by atoms with Crippen LogP contribution in [-0.4, -0.2) is 5.78 Å². The Morgan fingerprint density at radius 1 is 1.05 bits per heavy atom. The maximum Gasteiger partial charge on any atom is 0.193 e. The van der Waals surface area contributed by atoms with Gasteiger partial charge in [-0.25, -0.2) is 0 Å². The van der Waals surface area contributed by atoms with Crippen LogP contribution < -0.4 is 0 Å². The lowest BCUT2D eigenvalue weighted by molar-refractivity contribution is 0.104. The molecule has 0 aliphatic carbocycles. The maximum absolute atomic E-state index is 11.9. The van der Waals surface area contributed by atoms with Crippen molar-refractivity contribution in [3.63, 3.8) is 0 Å². The molecule has 0 aliphatic rings. The van der Waals surface area contributed by atoms with E-state index in [0.29, 0.717) is 5.56 Å². The largest absolute Gasteiger partial charge is 0.289 e. The van der Waals surface area contributed by atoms with Crippen LogP contribution in [0.2, 0.25) is 0 Å². The normalized spacial score (nSPS) is 9.58. The average molecular weight is 313 g/mol. The molecule has 0 radical (unpaired) electrons. The minimum absolute atomic E-state index is 0.0352. The molecule has 0 atom stereocenters. The van der Waals surface area contributed by atoms with Gasteiger partial charge >= 0.3 is 0 Å². The van der Waals surface area contributed by atoms with Crippen molar-refractivity contribution < 1.29 is 4.79 Å². The maximum atomic E-state index is 11.9. The molecule has 2 aromatic carbocycles. The second kappa shape index (κ2) is 6.33. The molecule has 0 saturated heterocycles. The van der Waals surface area contributed by atoms with E-state index in [2.05, 4.69) is 21.7 Å². The number of ketones is 1. The number of hydrogen-bond acceptors (Lipinski definition) is 1. The van der Waals surface area contributed by atoms with E-state index in [9.17, 15) is 4.79 Å². The van der Waals surface area contributed by atoms with Crippen LogP contribution in [0.25, 0.3) is 5.57 Å². The molecule has 0 N–H and O–H groups in total. The second-order valence-corrected chi connectivity index (χ2v) is 4.98. The molecule has 0 spiro atoms. The molecule has 2 heteroatoms. The molecule has 0 unspecified atom stereocenters. The van der Waals surface area contributed by atoms with Crippen LogP contribution in [0.3, 0.4) is 0 Å². The first-order valence-corrected chi connectivity index (χ1v) is 6.75. The Kier molecular flexibility index (Phi) is 4.51. The molecule has 0 fully saturated rings. The third kappa shape index (κ3) is 3.54. The molecule has 19 heavy (non-hydrogen) atoms. The molecular weight excluding hydrogens is 300 g/mol. The van der Waals surface area contributed by atoms with E-state index in [1.54, 1.807) is 12.1 Å². The van der Waals surface area contributed by atoms with E-state index in [1.165, 1.54) is 6.08 Å². The summed E-state index contributed by atoms with van der Waals surface area (Å²) in [6.45, 7) is 1.94. The van der Waals surface area contributed by atoms with Crippen molar-refractivity contribution in [2.75, 3.05) is 0 Å². The summed E-state index contributed by atoms with van der Waals surface area (Å²) in [5, 5.41) is 0. The van der Waals surface area contributed by atoms with Gasteiger partial charge in [-0.15, -0.1) is 5.73 Å². The monoisotopic (exact) mass is 312 g/mol. The number of halogens is 1. The Labute approximate surface area is 121 Å². The molecular formula is C17H13BrO. The lowest BCUT2D eigenvalue weighted by Gasteiger charge is -2.01. The Bertz CT molecular complexity index is 650. The summed E-state index contributed by atoms with van der Waals surface area (Å²) in [4.78, 5) is 11.9. The first-order chi connectivity index (χ1) is 9.18. The van der Waals surface area contributed by atoms with Crippen molar-refractivity contribution in [1.29, 1.82) is 0 Å². The predicted molar refractivity (Wildman–Crippen MR) is 82.1 cm³/mol. The molecule has 2 aromatic rings. The van der Waals surface area contributed by atoms with Crippen LogP contribution in [0.15, 0.2) is 70.9 Å². The Morgan fingerprint density at radius 2 is 1.68 bits per heavy atom. The van der Waals surface area contributed by atoms with E-state index in [0.717, 1.165) is 15.6 Å². The van der Waals surface area contributed by atoms with Gasteiger partial charge in [0.05, 0.1) is 0 Å². The standard InChI is InChI=1S/C17H13BrO/c1-13(15-9-5-6-10-16(15)18)11-12-17(19)14-7-3-2-4-8-14/h2-10,12H,1H3. The Hall–Kier alpha value is -1.89. The average Bonchev–Trinajstić information content (AvgIpc) is 2.46. The number of carbonyl (C=O) groups excluding carboxylic acids is 1. The van der Waals surface area contributed by atoms with Gasteiger partial charge in [-0.1, -0.05) is 64.5 Å². The Balaban J connectivity index is 2.29. The third-order valence-corrected chi connectivity index (χ3v) is 3.45. The van der Waals surface area contributed by atoms with Gasteiger partial charge in [0.1, 0.15) is 0 Å². The lowest BCUT2D eigenvalue weighted by Crippen LogP contribution is -1.92. The molecule has 0 aliphatic heterocycles. The summed E-state index contributed by atoms with van der Waals surface area (Å²) in [5.41, 5.74) is 5.69. The molecule has 0 saturated carbocycles. The van der Waals surface area contributed by atoms with Crippen molar-refractivity contribution in [2.24, 2.45) is 0 Å². The van der Waals surface area contributed by atoms with Crippen LogP contribution in [0.1, 0.15) is 22.8 Å². The van der Waals surface area contributed by atoms with Gasteiger partial charge in [-0.05, 0) is 24.1 Å². The Morgan fingerprint density at radius 3 is 2.37 bits per heavy atom. The fraction of sp³-hybridized carbons (Fsp3) is 0.0588. The molecule has 0 amide bonds. The molecule has 0 heterocycles.